The van der Waals surface area contributed by atoms with Crippen LogP contribution < -0.4 is 19.7 Å². The van der Waals surface area contributed by atoms with E-state index in [4.69, 9.17) is 21.1 Å². The van der Waals surface area contributed by atoms with Gasteiger partial charge in [0.05, 0.1) is 17.0 Å². The number of nitrogens with zero attached hydrogens (tertiary/aromatic N) is 1. The Hall–Kier alpha value is -2.80. The average Bonchev–Trinajstić information content (AvgIpc) is 3.11. The molecule has 2 aliphatic rings. The first-order valence-corrected chi connectivity index (χ1v) is 9.75. The molecule has 0 radical (unpaired) electrons. The zero-order valence-electron chi connectivity index (χ0n) is 15.8. The van der Waals surface area contributed by atoms with Crippen LogP contribution in [0.2, 0.25) is 5.02 Å². The highest BCUT2D eigenvalue weighted by molar-refractivity contribution is 6.30. The van der Waals surface area contributed by atoms with E-state index in [2.05, 4.69) is 5.32 Å². The summed E-state index contributed by atoms with van der Waals surface area (Å²) in [6, 6.07) is 9.29. The molecule has 152 valence electrons. The molecule has 4 rings (SSSR count). The van der Waals surface area contributed by atoms with Crippen molar-refractivity contribution in [3.8, 4) is 11.5 Å². The minimum atomic E-state index is -0.509. The summed E-state index contributed by atoms with van der Waals surface area (Å²) in [5.41, 5.74) is 1.37. The lowest BCUT2D eigenvalue weighted by Gasteiger charge is -2.22. The second-order valence-corrected chi connectivity index (χ2v) is 7.54. The van der Waals surface area contributed by atoms with E-state index >= 15 is 0 Å². The van der Waals surface area contributed by atoms with Crippen LogP contribution in [0.25, 0.3) is 0 Å². The maximum Gasteiger partial charge on any atom is 0.227 e. The van der Waals surface area contributed by atoms with Gasteiger partial charge in [0.25, 0.3) is 0 Å². The number of amides is 2. The third-order valence-electron chi connectivity index (χ3n) is 5.14. The number of nitrogens with one attached hydrogen (secondary N) is 1. The Morgan fingerprint density at radius 3 is 2.72 bits per heavy atom. The Morgan fingerprint density at radius 1 is 1.21 bits per heavy atom. The molecule has 2 unspecified atom stereocenters. The minimum absolute atomic E-state index is 0.00410. The predicted molar refractivity (Wildman–Crippen MR) is 106 cm³/mol. The van der Waals surface area contributed by atoms with Crippen LogP contribution in [-0.2, 0) is 9.59 Å². The highest BCUT2D eigenvalue weighted by Crippen LogP contribution is 2.36. The van der Waals surface area contributed by atoms with Gasteiger partial charge in [0.1, 0.15) is 19.0 Å². The fourth-order valence-electron chi connectivity index (χ4n) is 3.53. The van der Waals surface area contributed by atoms with Crippen LogP contribution in [0.3, 0.4) is 0 Å². The Kier molecular flexibility index (Phi) is 5.32. The monoisotopic (exact) mass is 418 g/mol. The second kappa shape index (κ2) is 7.91. The van der Waals surface area contributed by atoms with Crippen LogP contribution in [0.15, 0.2) is 36.4 Å². The molecule has 1 fully saturated rings. The summed E-state index contributed by atoms with van der Waals surface area (Å²) < 4.78 is 24.4. The number of rotatable bonds is 4. The number of hydrogen-bond acceptors (Lipinski definition) is 4. The molecule has 2 heterocycles. The van der Waals surface area contributed by atoms with Crippen molar-refractivity contribution in [2.24, 2.45) is 5.92 Å². The Balaban J connectivity index is 1.43. The van der Waals surface area contributed by atoms with Gasteiger partial charge in [0.15, 0.2) is 11.5 Å². The molecule has 6 nitrogen and oxygen atoms in total. The first-order valence-electron chi connectivity index (χ1n) is 9.37. The van der Waals surface area contributed by atoms with E-state index in [-0.39, 0.29) is 35.8 Å². The Labute approximate surface area is 172 Å². The number of hydrogen-bond donors (Lipinski definition) is 1. The SMILES string of the molecule is CC(NC(=O)C1CC(=O)N(c2ccc3c(c2)OCCO3)C1)c1ccc(F)c(Cl)c1. The molecular weight excluding hydrogens is 399 g/mol. The number of anilines is 1. The van der Waals surface area contributed by atoms with Gasteiger partial charge in [0, 0.05) is 24.7 Å². The van der Waals surface area contributed by atoms with E-state index < -0.39 is 11.7 Å². The van der Waals surface area contributed by atoms with Crippen molar-refractivity contribution in [1.29, 1.82) is 0 Å². The molecule has 8 heteroatoms. The lowest BCUT2D eigenvalue weighted by Crippen LogP contribution is -2.34. The van der Waals surface area contributed by atoms with Gasteiger partial charge in [-0.1, -0.05) is 17.7 Å². The normalized spacial score (nSPS) is 19.2. The lowest BCUT2D eigenvalue weighted by molar-refractivity contribution is -0.126. The maximum atomic E-state index is 13.3. The van der Waals surface area contributed by atoms with Crippen LogP contribution in [0, 0.1) is 11.7 Å². The lowest BCUT2D eigenvalue weighted by atomic mass is 10.0. The Bertz CT molecular complexity index is 968. The molecule has 2 atom stereocenters. The van der Waals surface area contributed by atoms with Crippen LogP contribution in [0.4, 0.5) is 10.1 Å². The molecule has 0 aliphatic carbocycles. The van der Waals surface area contributed by atoms with Gasteiger partial charge in [-0.3, -0.25) is 9.59 Å². The summed E-state index contributed by atoms with van der Waals surface area (Å²) in [7, 11) is 0. The number of carbonyl (C=O) groups excluding carboxylic acids is 2. The van der Waals surface area contributed by atoms with Crippen molar-refractivity contribution in [3.05, 3.63) is 52.8 Å². The van der Waals surface area contributed by atoms with Gasteiger partial charge in [0.2, 0.25) is 11.8 Å². The van der Waals surface area contributed by atoms with Gasteiger partial charge in [-0.2, -0.15) is 0 Å². The molecule has 2 amide bonds. The molecule has 0 spiro atoms. The third-order valence-corrected chi connectivity index (χ3v) is 5.43. The van der Waals surface area contributed by atoms with Crippen LogP contribution in [0.1, 0.15) is 24.9 Å². The van der Waals surface area contributed by atoms with E-state index in [9.17, 15) is 14.0 Å². The number of halogens is 2. The van der Waals surface area contributed by atoms with Crippen LogP contribution in [0.5, 0.6) is 11.5 Å². The second-order valence-electron chi connectivity index (χ2n) is 7.14. The quantitative estimate of drug-likeness (QED) is 0.825. The van der Waals surface area contributed by atoms with E-state index in [1.165, 1.54) is 12.1 Å². The van der Waals surface area contributed by atoms with E-state index in [0.717, 1.165) is 0 Å². The van der Waals surface area contributed by atoms with Crippen LogP contribution in [-0.4, -0.2) is 31.6 Å². The van der Waals surface area contributed by atoms with Crippen molar-refractivity contribution in [3.63, 3.8) is 0 Å². The van der Waals surface area contributed by atoms with Gasteiger partial charge in [-0.15, -0.1) is 0 Å². The summed E-state index contributed by atoms with van der Waals surface area (Å²) in [6.45, 7) is 3.02. The summed E-state index contributed by atoms with van der Waals surface area (Å²) in [4.78, 5) is 26.8. The van der Waals surface area contributed by atoms with Gasteiger partial charge in [-0.05, 0) is 36.8 Å². The first kappa shape index (κ1) is 19.5. The van der Waals surface area contributed by atoms with Gasteiger partial charge < -0.3 is 19.7 Å². The summed E-state index contributed by atoms with van der Waals surface area (Å²) in [5, 5.41) is 2.89. The molecule has 0 saturated carbocycles. The van der Waals surface area contributed by atoms with Crippen LogP contribution >= 0.6 is 11.6 Å². The molecule has 2 aromatic carbocycles. The number of fused-ring (bicyclic) bond motifs is 1. The standard InChI is InChI=1S/C21H20ClFN2O4/c1-12(13-2-4-17(23)16(22)8-13)24-21(27)14-9-20(26)25(11-14)15-3-5-18-19(10-15)29-7-6-28-18/h2-5,8,10,12,14H,6-7,9,11H2,1H3,(H,24,27). The molecule has 0 aromatic heterocycles. The predicted octanol–water partition coefficient (Wildman–Crippen LogP) is 3.48. The number of ether oxygens (including phenoxy) is 2. The molecule has 1 N–H and O–H groups in total. The smallest absolute Gasteiger partial charge is 0.227 e. The first-order chi connectivity index (χ1) is 13.9. The average molecular weight is 419 g/mol. The Morgan fingerprint density at radius 2 is 1.97 bits per heavy atom. The number of carbonyl (C=O) groups is 2. The fourth-order valence-corrected chi connectivity index (χ4v) is 3.72. The molecule has 2 aliphatic heterocycles. The van der Waals surface area contributed by atoms with Gasteiger partial charge >= 0.3 is 0 Å². The van der Waals surface area contributed by atoms with Crippen molar-refractivity contribution in [2.75, 3.05) is 24.7 Å². The highest BCUT2D eigenvalue weighted by Gasteiger charge is 2.36. The summed E-state index contributed by atoms with van der Waals surface area (Å²) >= 11 is 5.82. The molecule has 29 heavy (non-hydrogen) atoms. The maximum absolute atomic E-state index is 13.3. The summed E-state index contributed by atoms with van der Waals surface area (Å²) in [6.07, 6.45) is 0.122. The third kappa shape index (κ3) is 4.00. The van der Waals surface area contributed by atoms with E-state index in [0.29, 0.717) is 36.0 Å². The number of benzene rings is 2. The minimum Gasteiger partial charge on any atom is -0.486 e. The molecular formula is C21H20ClFN2O4. The topological polar surface area (TPSA) is 67.9 Å². The largest absolute Gasteiger partial charge is 0.486 e. The summed E-state index contributed by atoms with van der Waals surface area (Å²) in [5.74, 6) is -0.103. The van der Waals surface area contributed by atoms with E-state index in [1.807, 2.05) is 0 Å². The molecule has 0 bridgehead atoms. The van der Waals surface area contributed by atoms with Crippen molar-refractivity contribution in [2.45, 2.75) is 19.4 Å². The zero-order valence-corrected chi connectivity index (χ0v) is 16.5. The van der Waals surface area contributed by atoms with Gasteiger partial charge in [-0.25, -0.2) is 4.39 Å². The van der Waals surface area contributed by atoms with Crippen molar-refractivity contribution in [1.82, 2.24) is 5.32 Å². The fraction of sp³-hybridized carbons (Fsp3) is 0.333. The van der Waals surface area contributed by atoms with Crippen molar-refractivity contribution < 1.29 is 23.5 Å². The zero-order chi connectivity index (χ0) is 20.5. The molecule has 1 saturated heterocycles. The van der Waals surface area contributed by atoms with E-state index in [1.54, 1.807) is 36.1 Å². The molecule has 2 aromatic rings. The highest BCUT2D eigenvalue weighted by atomic mass is 35.5. The van der Waals surface area contributed by atoms with Crippen molar-refractivity contribution >= 4 is 29.1 Å².